The van der Waals surface area contributed by atoms with Gasteiger partial charge in [0.1, 0.15) is 5.03 Å². The first-order valence-corrected chi connectivity index (χ1v) is 7.91. The van der Waals surface area contributed by atoms with E-state index in [-0.39, 0.29) is 5.41 Å². The smallest absolute Gasteiger partial charge is 0.258 e. The molecule has 2 aliphatic heterocycles. The van der Waals surface area contributed by atoms with E-state index in [1.54, 1.807) is 22.6 Å². The molecular formula is C12H19N3O2S. The second kappa shape index (κ2) is 4.36. The lowest BCUT2D eigenvalue weighted by Gasteiger charge is -2.33. The molecule has 1 aromatic heterocycles. The fourth-order valence-electron chi connectivity index (χ4n) is 3.08. The van der Waals surface area contributed by atoms with Crippen LogP contribution in [0.15, 0.2) is 23.4 Å². The van der Waals surface area contributed by atoms with Gasteiger partial charge in [-0.05, 0) is 49.9 Å². The largest absolute Gasteiger partial charge is 0.351 e. The highest BCUT2D eigenvalue weighted by molar-refractivity contribution is 7.89. The van der Waals surface area contributed by atoms with Crippen molar-refractivity contribution in [3.05, 3.63) is 18.3 Å². The van der Waals surface area contributed by atoms with Crippen molar-refractivity contribution in [2.45, 2.75) is 24.3 Å². The molecule has 0 bridgehead atoms. The molecule has 6 heteroatoms. The van der Waals surface area contributed by atoms with Crippen molar-refractivity contribution < 1.29 is 8.42 Å². The molecule has 2 fully saturated rings. The SMILES string of the molecule is O=S(=O)(c1ccc[nH]1)N1CCC2(CCNCC2)C1. The van der Waals surface area contributed by atoms with E-state index in [0.717, 1.165) is 32.4 Å². The molecule has 0 saturated carbocycles. The molecule has 0 unspecified atom stereocenters. The Balaban J connectivity index is 1.80. The van der Waals surface area contributed by atoms with Crippen LogP contribution in [0.3, 0.4) is 0 Å². The monoisotopic (exact) mass is 269 g/mol. The highest BCUT2D eigenvalue weighted by atomic mass is 32.2. The van der Waals surface area contributed by atoms with Gasteiger partial charge in [0.15, 0.2) is 0 Å². The quantitative estimate of drug-likeness (QED) is 0.834. The molecule has 3 rings (SSSR count). The molecule has 0 aromatic carbocycles. The highest BCUT2D eigenvalue weighted by Crippen LogP contribution is 2.40. The summed E-state index contributed by atoms with van der Waals surface area (Å²) in [6.07, 6.45) is 4.82. The molecule has 0 aliphatic carbocycles. The topological polar surface area (TPSA) is 65.2 Å². The molecule has 1 spiro atoms. The van der Waals surface area contributed by atoms with Crippen molar-refractivity contribution in [3.8, 4) is 0 Å². The van der Waals surface area contributed by atoms with E-state index in [1.165, 1.54) is 0 Å². The third kappa shape index (κ3) is 1.98. The van der Waals surface area contributed by atoms with Crippen LogP contribution in [-0.4, -0.2) is 43.9 Å². The van der Waals surface area contributed by atoms with Crippen LogP contribution in [0.4, 0.5) is 0 Å². The predicted octanol–water partition coefficient (Wildman–Crippen LogP) is 0.779. The van der Waals surface area contributed by atoms with Gasteiger partial charge in [0.2, 0.25) is 0 Å². The maximum absolute atomic E-state index is 12.4. The van der Waals surface area contributed by atoms with Gasteiger partial charge >= 0.3 is 0 Å². The third-order valence-electron chi connectivity index (χ3n) is 4.25. The maximum Gasteiger partial charge on any atom is 0.258 e. The Labute approximate surface area is 108 Å². The number of H-pyrrole nitrogens is 1. The normalized spacial score (nSPS) is 24.7. The van der Waals surface area contributed by atoms with Crippen LogP contribution in [0.25, 0.3) is 0 Å². The lowest BCUT2D eigenvalue weighted by Crippen LogP contribution is -2.39. The molecule has 2 aliphatic rings. The van der Waals surface area contributed by atoms with Gasteiger partial charge in [-0.15, -0.1) is 0 Å². The van der Waals surface area contributed by atoms with E-state index in [9.17, 15) is 8.42 Å². The van der Waals surface area contributed by atoms with Crippen molar-refractivity contribution in [2.75, 3.05) is 26.2 Å². The lowest BCUT2D eigenvalue weighted by atomic mass is 9.78. The van der Waals surface area contributed by atoms with Gasteiger partial charge in [-0.25, -0.2) is 8.42 Å². The Hall–Kier alpha value is -0.850. The zero-order valence-corrected chi connectivity index (χ0v) is 11.2. The van der Waals surface area contributed by atoms with Crippen molar-refractivity contribution in [3.63, 3.8) is 0 Å². The van der Waals surface area contributed by atoms with E-state index in [2.05, 4.69) is 10.3 Å². The minimum absolute atomic E-state index is 0.213. The molecule has 0 atom stereocenters. The first-order chi connectivity index (χ1) is 8.62. The molecule has 1 aromatic rings. The van der Waals surface area contributed by atoms with Crippen molar-refractivity contribution in [1.29, 1.82) is 0 Å². The van der Waals surface area contributed by atoms with Crippen LogP contribution in [0, 0.1) is 5.41 Å². The van der Waals surface area contributed by atoms with Gasteiger partial charge in [-0.1, -0.05) is 0 Å². The van der Waals surface area contributed by atoms with Crippen molar-refractivity contribution >= 4 is 10.0 Å². The number of nitrogens with one attached hydrogen (secondary N) is 2. The van der Waals surface area contributed by atoms with Gasteiger partial charge in [0.25, 0.3) is 10.0 Å². The average molecular weight is 269 g/mol. The number of hydrogen-bond donors (Lipinski definition) is 2. The average Bonchev–Trinajstić information content (AvgIpc) is 3.00. The van der Waals surface area contributed by atoms with Gasteiger partial charge in [-0.2, -0.15) is 4.31 Å². The Bertz CT molecular complexity index is 503. The fourth-order valence-corrected chi connectivity index (χ4v) is 4.60. The van der Waals surface area contributed by atoms with Crippen LogP contribution in [-0.2, 0) is 10.0 Å². The molecule has 100 valence electrons. The van der Waals surface area contributed by atoms with Crippen LogP contribution in [0.2, 0.25) is 0 Å². The zero-order valence-electron chi connectivity index (χ0n) is 10.4. The van der Waals surface area contributed by atoms with Crippen molar-refractivity contribution in [1.82, 2.24) is 14.6 Å². The van der Waals surface area contributed by atoms with E-state index in [0.29, 0.717) is 18.1 Å². The number of aromatic amines is 1. The van der Waals surface area contributed by atoms with E-state index >= 15 is 0 Å². The summed E-state index contributed by atoms with van der Waals surface area (Å²) in [4.78, 5) is 2.80. The summed E-state index contributed by atoms with van der Waals surface area (Å²) in [6.45, 7) is 3.35. The van der Waals surface area contributed by atoms with E-state index < -0.39 is 10.0 Å². The Morgan fingerprint density at radius 3 is 2.67 bits per heavy atom. The van der Waals surface area contributed by atoms with Crippen LogP contribution in [0.5, 0.6) is 0 Å². The fraction of sp³-hybridized carbons (Fsp3) is 0.667. The third-order valence-corrected chi connectivity index (χ3v) is 6.06. The minimum atomic E-state index is -3.31. The second-order valence-electron chi connectivity index (χ2n) is 5.37. The van der Waals surface area contributed by atoms with Gasteiger partial charge in [0, 0.05) is 19.3 Å². The summed E-state index contributed by atoms with van der Waals surface area (Å²) in [5, 5.41) is 3.66. The number of aromatic nitrogens is 1. The second-order valence-corrected chi connectivity index (χ2v) is 7.28. The zero-order chi connectivity index (χ0) is 12.6. The van der Waals surface area contributed by atoms with Gasteiger partial charge in [-0.3, -0.25) is 0 Å². The predicted molar refractivity (Wildman–Crippen MR) is 68.7 cm³/mol. The van der Waals surface area contributed by atoms with E-state index in [4.69, 9.17) is 0 Å². The summed E-state index contributed by atoms with van der Waals surface area (Å²) < 4.78 is 26.4. The summed E-state index contributed by atoms with van der Waals surface area (Å²) in [6, 6.07) is 3.35. The van der Waals surface area contributed by atoms with Crippen LogP contribution >= 0.6 is 0 Å². The first kappa shape index (κ1) is 12.2. The van der Waals surface area contributed by atoms with Crippen molar-refractivity contribution in [2.24, 2.45) is 5.41 Å². The summed E-state index contributed by atoms with van der Waals surface area (Å²) in [5.41, 5.74) is 0.213. The highest BCUT2D eigenvalue weighted by Gasteiger charge is 2.43. The minimum Gasteiger partial charge on any atom is -0.351 e. The molecule has 5 nitrogen and oxygen atoms in total. The molecule has 3 heterocycles. The Morgan fingerprint density at radius 2 is 2.00 bits per heavy atom. The molecule has 0 radical (unpaired) electrons. The standard InChI is InChI=1S/C12H19N3O2S/c16-18(17,11-2-1-6-14-11)15-9-5-12(10-15)3-7-13-8-4-12/h1-2,6,13-14H,3-5,7-10H2. The van der Waals surface area contributed by atoms with Gasteiger partial charge in [0.05, 0.1) is 0 Å². The summed E-state index contributed by atoms with van der Waals surface area (Å²) in [5.74, 6) is 0. The molecular weight excluding hydrogens is 250 g/mol. The molecule has 18 heavy (non-hydrogen) atoms. The Kier molecular flexibility index (Phi) is 2.96. The van der Waals surface area contributed by atoms with Gasteiger partial charge < -0.3 is 10.3 Å². The van der Waals surface area contributed by atoms with Crippen LogP contribution in [0.1, 0.15) is 19.3 Å². The molecule has 2 N–H and O–H groups in total. The number of piperidine rings is 1. The number of rotatable bonds is 2. The van der Waals surface area contributed by atoms with Crippen LogP contribution < -0.4 is 5.32 Å². The number of sulfonamides is 1. The van der Waals surface area contributed by atoms with E-state index in [1.807, 2.05) is 0 Å². The molecule has 2 saturated heterocycles. The number of hydrogen-bond acceptors (Lipinski definition) is 3. The lowest BCUT2D eigenvalue weighted by molar-refractivity contribution is 0.218. The summed E-state index contributed by atoms with van der Waals surface area (Å²) >= 11 is 0. The Morgan fingerprint density at radius 1 is 1.22 bits per heavy atom. The first-order valence-electron chi connectivity index (χ1n) is 6.47. The molecule has 0 amide bonds. The number of nitrogens with zero attached hydrogens (tertiary/aromatic N) is 1. The summed E-state index contributed by atoms with van der Waals surface area (Å²) in [7, 11) is -3.31. The maximum atomic E-state index is 12.4.